The highest BCUT2D eigenvalue weighted by Gasteiger charge is 2.21. The molecule has 21 heavy (non-hydrogen) atoms. The molecule has 0 aliphatic carbocycles. The molecule has 0 atom stereocenters. The minimum atomic E-state index is -3.58. The Bertz CT molecular complexity index is 617. The van der Waals surface area contributed by atoms with Gasteiger partial charge in [0.1, 0.15) is 5.75 Å². The molecule has 0 bridgehead atoms. The number of nitrogens with zero attached hydrogens (tertiary/aromatic N) is 2. The lowest BCUT2D eigenvalue weighted by atomic mass is 10.2. The quantitative estimate of drug-likeness (QED) is 0.781. The summed E-state index contributed by atoms with van der Waals surface area (Å²) in [6.07, 6.45) is 0. The minimum Gasteiger partial charge on any atom is -0.395 e. The summed E-state index contributed by atoms with van der Waals surface area (Å²) in [4.78, 5) is 13.2. The van der Waals surface area contributed by atoms with Crippen molar-refractivity contribution in [2.75, 3.05) is 25.4 Å². The molecule has 6 nitrogen and oxygen atoms in total. The molecule has 0 fully saturated rings. The average Bonchev–Trinajstić information content (AvgIpc) is 2.44. The fourth-order valence-corrected chi connectivity index (χ4v) is 3.20. The molecule has 1 aromatic carbocycles. The molecule has 0 radical (unpaired) electrons. The smallest absolute Gasteiger partial charge is 0.237 e. The molecule has 1 aromatic rings. The lowest BCUT2D eigenvalue weighted by molar-refractivity contribution is -0.128. The predicted molar refractivity (Wildman–Crippen MR) is 78.0 cm³/mol. The second-order valence-corrected chi connectivity index (χ2v) is 6.60. The van der Waals surface area contributed by atoms with Crippen molar-refractivity contribution in [1.82, 2.24) is 4.90 Å². The van der Waals surface area contributed by atoms with E-state index in [1.165, 1.54) is 17.0 Å². The third kappa shape index (κ3) is 5.53. The number of aliphatic hydroxyl groups excluding tert-OH is 1. The maximum atomic E-state index is 12.0. The van der Waals surface area contributed by atoms with Crippen LogP contribution in [0.3, 0.4) is 0 Å². The van der Waals surface area contributed by atoms with Gasteiger partial charge in [-0.25, -0.2) is 8.42 Å². The summed E-state index contributed by atoms with van der Waals surface area (Å²) in [5, 5.41) is 17.5. The number of carbonyl (C=O) groups is 1. The van der Waals surface area contributed by atoms with E-state index in [2.05, 4.69) is 0 Å². The van der Waals surface area contributed by atoms with E-state index in [0.717, 1.165) is 0 Å². The summed E-state index contributed by atoms with van der Waals surface area (Å²) in [5.41, 5.74) is 0.985. The summed E-state index contributed by atoms with van der Waals surface area (Å²) >= 11 is 0. The van der Waals surface area contributed by atoms with E-state index in [9.17, 15) is 13.2 Å². The third-order valence-electron chi connectivity index (χ3n) is 2.92. The van der Waals surface area contributed by atoms with Gasteiger partial charge in [-0.2, -0.15) is 5.26 Å². The largest absolute Gasteiger partial charge is 0.395 e. The zero-order valence-corrected chi connectivity index (χ0v) is 12.6. The van der Waals surface area contributed by atoms with E-state index in [4.69, 9.17) is 10.4 Å². The zero-order valence-electron chi connectivity index (χ0n) is 11.8. The molecule has 0 aromatic heterocycles. The van der Waals surface area contributed by atoms with Gasteiger partial charge in [-0.1, -0.05) is 12.1 Å². The van der Waals surface area contributed by atoms with Crippen LogP contribution in [0.15, 0.2) is 24.3 Å². The SMILES string of the molecule is CCN(CCO)C(=O)CS(=O)(=O)Cc1ccc(C#N)cc1. The van der Waals surface area contributed by atoms with Gasteiger partial charge in [0.25, 0.3) is 0 Å². The predicted octanol–water partition coefficient (Wildman–Crippen LogP) is 0.314. The molecule has 1 amide bonds. The summed E-state index contributed by atoms with van der Waals surface area (Å²) < 4.78 is 24.0. The normalized spacial score (nSPS) is 10.9. The first-order valence-corrected chi connectivity index (χ1v) is 8.32. The van der Waals surface area contributed by atoms with Crippen LogP contribution in [0.25, 0.3) is 0 Å². The molecule has 0 aliphatic rings. The van der Waals surface area contributed by atoms with Gasteiger partial charge in [-0.15, -0.1) is 0 Å². The number of sulfone groups is 1. The monoisotopic (exact) mass is 310 g/mol. The van der Waals surface area contributed by atoms with Crippen LogP contribution >= 0.6 is 0 Å². The number of hydrogen-bond acceptors (Lipinski definition) is 5. The fraction of sp³-hybridized carbons (Fsp3) is 0.429. The van der Waals surface area contributed by atoms with Gasteiger partial charge in [0, 0.05) is 13.1 Å². The van der Waals surface area contributed by atoms with Crippen LogP contribution < -0.4 is 0 Å². The van der Waals surface area contributed by atoms with E-state index in [-0.39, 0.29) is 18.9 Å². The van der Waals surface area contributed by atoms with E-state index in [0.29, 0.717) is 17.7 Å². The fourth-order valence-electron chi connectivity index (χ4n) is 1.84. The maximum Gasteiger partial charge on any atom is 0.237 e. The van der Waals surface area contributed by atoms with Crippen molar-refractivity contribution in [3.05, 3.63) is 35.4 Å². The summed E-state index contributed by atoms with van der Waals surface area (Å²) in [7, 11) is -3.58. The van der Waals surface area contributed by atoms with Crippen LogP contribution in [0.5, 0.6) is 0 Å². The number of carbonyl (C=O) groups excluding carboxylic acids is 1. The van der Waals surface area contributed by atoms with Gasteiger partial charge in [-0.05, 0) is 24.6 Å². The first-order chi connectivity index (χ1) is 9.91. The van der Waals surface area contributed by atoms with E-state index in [1.807, 2.05) is 6.07 Å². The van der Waals surface area contributed by atoms with Gasteiger partial charge < -0.3 is 10.0 Å². The first-order valence-electron chi connectivity index (χ1n) is 6.50. The highest BCUT2D eigenvalue weighted by atomic mass is 32.2. The number of rotatable bonds is 7. The Kier molecular flexibility index (Phi) is 6.34. The van der Waals surface area contributed by atoms with E-state index >= 15 is 0 Å². The van der Waals surface area contributed by atoms with E-state index in [1.54, 1.807) is 19.1 Å². The number of likely N-dealkylation sites (N-methyl/N-ethyl adjacent to an activating group) is 1. The Morgan fingerprint density at radius 2 is 1.95 bits per heavy atom. The third-order valence-corrected chi connectivity index (χ3v) is 4.38. The number of benzene rings is 1. The van der Waals surface area contributed by atoms with Gasteiger partial charge in [-0.3, -0.25) is 4.79 Å². The lowest BCUT2D eigenvalue weighted by Crippen LogP contribution is -2.37. The van der Waals surface area contributed by atoms with Gasteiger partial charge in [0.2, 0.25) is 5.91 Å². The molecular weight excluding hydrogens is 292 g/mol. The Labute approximate surface area is 124 Å². The van der Waals surface area contributed by atoms with Crippen LogP contribution in [0.2, 0.25) is 0 Å². The van der Waals surface area contributed by atoms with Crippen molar-refractivity contribution in [3.8, 4) is 6.07 Å². The maximum absolute atomic E-state index is 12.0. The summed E-state index contributed by atoms with van der Waals surface area (Å²) in [6, 6.07) is 8.15. The Morgan fingerprint density at radius 1 is 1.33 bits per heavy atom. The number of aliphatic hydroxyl groups is 1. The summed E-state index contributed by atoms with van der Waals surface area (Å²) in [6.45, 7) is 2.00. The summed E-state index contributed by atoms with van der Waals surface area (Å²) in [5.74, 6) is -1.35. The van der Waals surface area contributed by atoms with Crippen molar-refractivity contribution >= 4 is 15.7 Å². The lowest BCUT2D eigenvalue weighted by Gasteiger charge is -2.19. The molecular formula is C14H18N2O4S. The molecule has 0 spiro atoms. The van der Waals surface area contributed by atoms with Crippen molar-refractivity contribution < 1.29 is 18.3 Å². The first kappa shape index (κ1) is 17.1. The molecule has 0 aliphatic heterocycles. The average molecular weight is 310 g/mol. The second kappa shape index (κ2) is 7.76. The van der Waals surface area contributed by atoms with Crippen LogP contribution in [0.4, 0.5) is 0 Å². The molecule has 0 unspecified atom stereocenters. The van der Waals surface area contributed by atoms with Crippen molar-refractivity contribution in [3.63, 3.8) is 0 Å². The standard InChI is InChI=1S/C14H18N2O4S/c1-2-16(7-8-17)14(18)11-21(19,20)10-13-5-3-12(9-15)4-6-13/h3-6,17H,2,7-8,10-11H2,1H3. The van der Waals surface area contributed by atoms with Crippen molar-refractivity contribution in [2.24, 2.45) is 0 Å². The molecule has 1 N–H and O–H groups in total. The zero-order chi connectivity index (χ0) is 15.9. The van der Waals surface area contributed by atoms with E-state index < -0.39 is 21.5 Å². The molecule has 7 heteroatoms. The topological polar surface area (TPSA) is 98.5 Å². The van der Waals surface area contributed by atoms with Gasteiger partial charge >= 0.3 is 0 Å². The molecule has 0 saturated heterocycles. The number of amides is 1. The van der Waals surface area contributed by atoms with Crippen LogP contribution in [-0.2, 0) is 20.4 Å². The van der Waals surface area contributed by atoms with Gasteiger partial charge in [0.15, 0.2) is 9.84 Å². The number of nitriles is 1. The molecule has 0 heterocycles. The Morgan fingerprint density at radius 3 is 2.43 bits per heavy atom. The molecule has 1 rings (SSSR count). The minimum absolute atomic E-state index is 0.127. The number of hydrogen-bond donors (Lipinski definition) is 1. The van der Waals surface area contributed by atoms with Crippen molar-refractivity contribution in [1.29, 1.82) is 5.26 Å². The molecule has 114 valence electrons. The van der Waals surface area contributed by atoms with Crippen LogP contribution in [-0.4, -0.2) is 49.8 Å². The van der Waals surface area contributed by atoms with Crippen LogP contribution in [0.1, 0.15) is 18.1 Å². The highest BCUT2D eigenvalue weighted by Crippen LogP contribution is 2.09. The highest BCUT2D eigenvalue weighted by molar-refractivity contribution is 7.91. The van der Waals surface area contributed by atoms with Crippen molar-refractivity contribution in [2.45, 2.75) is 12.7 Å². The Hall–Kier alpha value is -1.91. The second-order valence-electron chi connectivity index (χ2n) is 4.54. The molecule has 0 saturated carbocycles. The van der Waals surface area contributed by atoms with Gasteiger partial charge in [0.05, 0.1) is 24.0 Å². The van der Waals surface area contributed by atoms with Crippen LogP contribution in [0, 0.1) is 11.3 Å². The Balaban J connectivity index is 2.72.